The smallest absolute Gasteiger partial charge is 0.255 e. The van der Waals surface area contributed by atoms with Crippen molar-refractivity contribution in [2.24, 2.45) is 5.92 Å². The van der Waals surface area contributed by atoms with Gasteiger partial charge in [0.05, 0.1) is 0 Å². The Hall–Kier alpha value is -3.10. The van der Waals surface area contributed by atoms with Gasteiger partial charge < -0.3 is 10.2 Å². The molecule has 2 saturated heterocycles. The Labute approximate surface area is 193 Å². The number of aromatic nitrogens is 1. The van der Waals surface area contributed by atoms with E-state index < -0.39 is 6.04 Å². The topological polar surface area (TPSA) is 94.6 Å². The molecule has 2 aromatic rings. The fourth-order valence-electron chi connectivity index (χ4n) is 5.21. The Bertz CT molecular complexity index is 1050. The van der Waals surface area contributed by atoms with Crippen LogP contribution in [0.3, 0.4) is 0 Å². The number of benzene rings is 1. The molecule has 0 radical (unpaired) electrons. The molecule has 8 nitrogen and oxygen atoms in total. The predicted octanol–water partition coefficient (Wildman–Crippen LogP) is 1.45. The molecule has 0 saturated carbocycles. The van der Waals surface area contributed by atoms with Crippen molar-refractivity contribution in [2.45, 2.75) is 44.9 Å². The minimum atomic E-state index is -0.591. The van der Waals surface area contributed by atoms with Crippen molar-refractivity contribution in [2.75, 3.05) is 19.6 Å². The first kappa shape index (κ1) is 21.7. The minimum Gasteiger partial charge on any atom is -0.322 e. The molecule has 0 spiro atoms. The van der Waals surface area contributed by atoms with E-state index in [9.17, 15) is 14.4 Å². The second kappa shape index (κ2) is 9.41. The van der Waals surface area contributed by atoms with Gasteiger partial charge in [-0.25, -0.2) is 0 Å². The zero-order valence-electron chi connectivity index (χ0n) is 18.6. The molecule has 172 valence electrons. The van der Waals surface area contributed by atoms with Gasteiger partial charge in [0.2, 0.25) is 11.8 Å². The number of rotatable bonds is 7. The van der Waals surface area contributed by atoms with Gasteiger partial charge in [-0.3, -0.25) is 29.6 Å². The van der Waals surface area contributed by atoms with Crippen molar-refractivity contribution in [1.82, 2.24) is 25.4 Å². The summed E-state index contributed by atoms with van der Waals surface area (Å²) < 4.78 is 0. The summed E-state index contributed by atoms with van der Waals surface area (Å²) in [6.07, 6.45) is 5.50. The highest BCUT2D eigenvalue weighted by Crippen LogP contribution is 2.31. The van der Waals surface area contributed by atoms with E-state index in [1.165, 1.54) is 0 Å². The highest BCUT2D eigenvalue weighted by molar-refractivity contribution is 6.05. The van der Waals surface area contributed by atoms with Crippen LogP contribution in [0, 0.1) is 5.92 Å². The van der Waals surface area contributed by atoms with E-state index in [-0.39, 0.29) is 24.1 Å². The van der Waals surface area contributed by atoms with Gasteiger partial charge in [-0.1, -0.05) is 18.2 Å². The molecule has 0 aliphatic carbocycles. The van der Waals surface area contributed by atoms with Gasteiger partial charge in [0.15, 0.2) is 0 Å². The summed E-state index contributed by atoms with van der Waals surface area (Å²) in [5.41, 5.74) is 3.94. The third-order valence-corrected chi connectivity index (χ3v) is 6.88. The Morgan fingerprint density at radius 3 is 2.76 bits per heavy atom. The van der Waals surface area contributed by atoms with Crippen LogP contribution in [0.1, 0.15) is 46.3 Å². The van der Waals surface area contributed by atoms with Crippen molar-refractivity contribution in [3.63, 3.8) is 0 Å². The minimum absolute atomic E-state index is 0.125. The Morgan fingerprint density at radius 2 is 2.00 bits per heavy atom. The van der Waals surface area contributed by atoms with E-state index >= 15 is 0 Å². The molecular formula is C25H29N5O3. The van der Waals surface area contributed by atoms with Gasteiger partial charge in [0.25, 0.3) is 5.91 Å². The van der Waals surface area contributed by atoms with Crippen molar-refractivity contribution < 1.29 is 14.4 Å². The Morgan fingerprint density at radius 1 is 1.09 bits per heavy atom. The van der Waals surface area contributed by atoms with Gasteiger partial charge in [-0.05, 0) is 60.7 Å². The third kappa shape index (κ3) is 4.67. The molecule has 8 heteroatoms. The largest absolute Gasteiger partial charge is 0.322 e. The second-order valence-electron chi connectivity index (χ2n) is 9.23. The summed E-state index contributed by atoms with van der Waals surface area (Å²) in [6, 6.07) is 9.33. The number of nitrogens with one attached hydrogen (secondary N) is 2. The number of carbonyl (C=O) groups is 3. The molecule has 2 unspecified atom stereocenters. The number of nitrogens with zero attached hydrogens (tertiary/aromatic N) is 3. The predicted molar refractivity (Wildman–Crippen MR) is 122 cm³/mol. The zero-order valence-corrected chi connectivity index (χ0v) is 18.6. The molecule has 33 heavy (non-hydrogen) atoms. The standard InChI is InChI=1S/C25H29N5O3/c31-23-7-6-22(24(32)28-23)30-16-21-19(4-1-5-20(21)25(30)33)15-29(14-18-8-10-27-12-18)13-17-3-2-9-26-11-17/h1-5,9,11,18,22,27H,6-8,10,12-16H2,(H,28,31,32). The molecule has 3 amide bonds. The highest BCUT2D eigenvalue weighted by Gasteiger charge is 2.39. The molecule has 0 bridgehead atoms. The van der Waals surface area contributed by atoms with Gasteiger partial charge in [0, 0.05) is 50.6 Å². The molecule has 2 atom stereocenters. The van der Waals surface area contributed by atoms with Crippen molar-refractivity contribution in [3.8, 4) is 0 Å². The number of hydrogen-bond acceptors (Lipinski definition) is 6. The van der Waals surface area contributed by atoms with Gasteiger partial charge >= 0.3 is 0 Å². The van der Waals surface area contributed by atoms with E-state index in [2.05, 4.69) is 32.7 Å². The number of carbonyl (C=O) groups excluding carboxylic acids is 3. The molecule has 5 rings (SSSR count). The maximum absolute atomic E-state index is 13.2. The van der Waals surface area contributed by atoms with Crippen molar-refractivity contribution in [3.05, 3.63) is 65.0 Å². The van der Waals surface area contributed by atoms with E-state index in [1.807, 2.05) is 24.4 Å². The maximum Gasteiger partial charge on any atom is 0.255 e. The fourth-order valence-corrected chi connectivity index (χ4v) is 5.21. The van der Waals surface area contributed by atoms with Crippen molar-refractivity contribution >= 4 is 17.7 Å². The van der Waals surface area contributed by atoms with E-state index in [1.54, 1.807) is 11.1 Å². The lowest BCUT2D eigenvalue weighted by atomic mass is 10.0. The van der Waals surface area contributed by atoms with Crippen LogP contribution in [0.5, 0.6) is 0 Å². The summed E-state index contributed by atoms with van der Waals surface area (Å²) in [4.78, 5) is 45.4. The normalized spacial score (nSPS) is 22.7. The van der Waals surface area contributed by atoms with Crippen LogP contribution >= 0.6 is 0 Å². The molecule has 2 fully saturated rings. The molecule has 2 N–H and O–H groups in total. The summed E-state index contributed by atoms with van der Waals surface area (Å²) >= 11 is 0. The van der Waals surface area contributed by atoms with Crippen LogP contribution < -0.4 is 10.6 Å². The average Bonchev–Trinajstić information content (AvgIpc) is 3.43. The lowest BCUT2D eigenvalue weighted by Gasteiger charge is -2.29. The molecule has 3 aliphatic heterocycles. The summed E-state index contributed by atoms with van der Waals surface area (Å²) in [7, 11) is 0. The van der Waals surface area contributed by atoms with Crippen LogP contribution in [0.15, 0.2) is 42.7 Å². The molecule has 1 aromatic heterocycles. The van der Waals surface area contributed by atoms with Crippen LogP contribution in [0.4, 0.5) is 0 Å². The van der Waals surface area contributed by atoms with Crippen LogP contribution in [0.2, 0.25) is 0 Å². The first-order valence-electron chi connectivity index (χ1n) is 11.7. The maximum atomic E-state index is 13.2. The van der Waals surface area contributed by atoms with Crippen molar-refractivity contribution in [1.29, 1.82) is 0 Å². The van der Waals surface area contributed by atoms with E-state index in [4.69, 9.17) is 0 Å². The average molecular weight is 448 g/mol. The number of pyridine rings is 1. The molecule has 3 aliphatic rings. The van der Waals surface area contributed by atoms with Gasteiger partial charge in [-0.15, -0.1) is 0 Å². The summed E-state index contributed by atoms with van der Waals surface area (Å²) in [6.45, 7) is 4.97. The van der Waals surface area contributed by atoms with E-state index in [0.29, 0.717) is 24.4 Å². The molecule has 4 heterocycles. The summed E-state index contributed by atoms with van der Waals surface area (Å²) in [5.74, 6) is -0.172. The second-order valence-corrected chi connectivity index (χ2v) is 9.23. The first-order chi connectivity index (χ1) is 16.1. The molecular weight excluding hydrogens is 418 g/mol. The summed E-state index contributed by atoms with van der Waals surface area (Å²) in [5, 5.41) is 5.83. The van der Waals surface area contributed by atoms with Gasteiger partial charge in [0.1, 0.15) is 6.04 Å². The fraction of sp³-hybridized carbons (Fsp3) is 0.440. The highest BCUT2D eigenvalue weighted by atomic mass is 16.2. The first-order valence-corrected chi connectivity index (χ1v) is 11.7. The lowest BCUT2D eigenvalue weighted by molar-refractivity contribution is -0.136. The number of amides is 3. The number of piperidine rings is 1. The Kier molecular flexibility index (Phi) is 6.20. The zero-order chi connectivity index (χ0) is 22.8. The van der Waals surface area contributed by atoms with Crippen LogP contribution in [-0.4, -0.2) is 58.2 Å². The van der Waals surface area contributed by atoms with Crippen LogP contribution in [0.25, 0.3) is 0 Å². The van der Waals surface area contributed by atoms with Crippen LogP contribution in [-0.2, 0) is 29.2 Å². The van der Waals surface area contributed by atoms with E-state index in [0.717, 1.165) is 55.8 Å². The molecule has 1 aromatic carbocycles. The number of imide groups is 1. The number of hydrogen-bond donors (Lipinski definition) is 2. The SMILES string of the molecule is O=C1CCC(N2Cc3c(CN(Cc4cccnc4)CC4CCNC4)cccc3C2=O)C(=O)N1. The number of fused-ring (bicyclic) bond motifs is 1. The monoisotopic (exact) mass is 447 g/mol. The Balaban J connectivity index is 1.37. The lowest BCUT2D eigenvalue weighted by Crippen LogP contribution is -2.52. The quantitative estimate of drug-likeness (QED) is 0.624. The van der Waals surface area contributed by atoms with Gasteiger partial charge in [-0.2, -0.15) is 0 Å². The third-order valence-electron chi connectivity index (χ3n) is 6.88.